The number of hydrogen-bond donors (Lipinski definition) is 0. The summed E-state index contributed by atoms with van der Waals surface area (Å²) in [5.41, 5.74) is 2.05. The monoisotopic (exact) mass is 592 g/mol. The number of methoxy groups -OCH3 is 2. The van der Waals surface area contributed by atoms with Crippen molar-refractivity contribution in [2.24, 2.45) is 0 Å². The van der Waals surface area contributed by atoms with Crippen molar-refractivity contribution in [3.63, 3.8) is 0 Å². The average molecular weight is 594 g/mol. The highest BCUT2D eigenvalue weighted by atomic mass is 35.5. The van der Waals surface area contributed by atoms with Crippen LogP contribution in [-0.2, 0) is 4.74 Å². The molecule has 1 saturated heterocycles. The minimum atomic E-state index is -0.252. The maximum Gasteiger partial charge on any atom is 0.265 e. The summed E-state index contributed by atoms with van der Waals surface area (Å²) in [5.74, 6) is 1.45. The summed E-state index contributed by atoms with van der Waals surface area (Å²) in [6, 6.07) is 10.9. The van der Waals surface area contributed by atoms with E-state index in [1.165, 1.54) is 11.3 Å². The van der Waals surface area contributed by atoms with Gasteiger partial charge in [0.15, 0.2) is 5.13 Å². The zero-order chi connectivity index (χ0) is 26.6. The number of rotatable bonds is 9. The van der Waals surface area contributed by atoms with Crippen LogP contribution in [0.15, 0.2) is 40.9 Å². The molecule has 1 amide bonds. The molecule has 3 heterocycles. The second-order valence-electron chi connectivity index (χ2n) is 8.85. The van der Waals surface area contributed by atoms with E-state index in [0.29, 0.717) is 56.3 Å². The van der Waals surface area contributed by atoms with Gasteiger partial charge in [0.1, 0.15) is 38.7 Å². The molecule has 0 unspecified atom stereocenters. The van der Waals surface area contributed by atoms with E-state index in [0.717, 1.165) is 44.0 Å². The normalized spacial score (nSPS) is 13.7. The molecule has 0 spiro atoms. The Kier molecular flexibility index (Phi) is 9.68. The standard InChI is InChI=1S/C27H29ClN4O5S.ClH/c1-17-22(23(30-37-17)18-7-4-5-8-19(18)28)26(33)32(12-6-11-31-13-15-36-16-14-31)27-29-24-20(34-2)9-10-21(35-3)25(24)38-27;/h4-5,7-10H,6,11-16H2,1-3H3;1H. The van der Waals surface area contributed by atoms with Crippen LogP contribution in [-0.4, -0.2) is 74.6 Å². The second-order valence-corrected chi connectivity index (χ2v) is 10.2. The first-order chi connectivity index (χ1) is 18.5. The summed E-state index contributed by atoms with van der Waals surface area (Å²) in [7, 11) is 3.21. The zero-order valence-electron chi connectivity index (χ0n) is 21.9. The van der Waals surface area contributed by atoms with E-state index < -0.39 is 0 Å². The maximum atomic E-state index is 14.3. The van der Waals surface area contributed by atoms with Gasteiger partial charge in [-0.25, -0.2) is 4.98 Å². The van der Waals surface area contributed by atoms with Crippen LogP contribution in [0.5, 0.6) is 11.5 Å². The number of carbonyl (C=O) groups excluding carboxylic acids is 1. The minimum Gasteiger partial charge on any atom is -0.495 e. The molecule has 0 radical (unpaired) electrons. The van der Waals surface area contributed by atoms with Crippen molar-refractivity contribution in [2.45, 2.75) is 13.3 Å². The molecule has 1 aliphatic heterocycles. The van der Waals surface area contributed by atoms with Crippen LogP contribution in [0, 0.1) is 6.92 Å². The van der Waals surface area contributed by atoms with Crippen molar-refractivity contribution in [1.82, 2.24) is 15.0 Å². The van der Waals surface area contributed by atoms with Crippen LogP contribution in [0.1, 0.15) is 22.5 Å². The van der Waals surface area contributed by atoms with Gasteiger partial charge in [0.25, 0.3) is 5.91 Å². The molecule has 208 valence electrons. The van der Waals surface area contributed by atoms with E-state index >= 15 is 0 Å². The van der Waals surface area contributed by atoms with Crippen LogP contribution >= 0.6 is 35.3 Å². The third kappa shape index (κ3) is 6.00. The molecular weight excluding hydrogens is 563 g/mol. The van der Waals surface area contributed by atoms with Crippen LogP contribution in [0.25, 0.3) is 21.5 Å². The summed E-state index contributed by atoms with van der Waals surface area (Å²) in [6.07, 6.45) is 0.752. The number of amides is 1. The lowest BCUT2D eigenvalue weighted by Crippen LogP contribution is -2.39. The van der Waals surface area contributed by atoms with Crippen molar-refractivity contribution in [1.29, 1.82) is 0 Å². The highest BCUT2D eigenvalue weighted by Gasteiger charge is 2.30. The first-order valence-corrected chi connectivity index (χ1v) is 13.6. The van der Waals surface area contributed by atoms with Crippen molar-refractivity contribution in [2.75, 3.05) is 58.5 Å². The summed E-state index contributed by atoms with van der Waals surface area (Å²) < 4.78 is 22.9. The third-order valence-electron chi connectivity index (χ3n) is 6.54. The average Bonchev–Trinajstić information content (AvgIpc) is 3.55. The van der Waals surface area contributed by atoms with E-state index in [1.54, 1.807) is 32.1 Å². The van der Waals surface area contributed by atoms with Crippen molar-refractivity contribution < 1.29 is 23.5 Å². The summed E-state index contributed by atoms with van der Waals surface area (Å²) >= 11 is 7.86. The molecule has 0 aliphatic carbocycles. The molecule has 12 heteroatoms. The second kappa shape index (κ2) is 13.0. The molecule has 0 saturated carbocycles. The molecule has 2 aromatic heterocycles. The molecule has 1 fully saturated rings. The minimum absolute atomic E-state index is 0. The Morgan fingerprint density at radius 1 is 1.13 bits per heavy atom. The Morgan fingerprint density at radius 2 is 1.85 bits per heavy atom. The molecular formula is C27H30Cl2N4O5S. The van der Waals surface area contributed by atoms with Gasteiger partial charge in [0.2, 0.25) is 0 Å². The van der Waals surface area contributed by atoms with E-state index in [1.807, 2.05) is 30.3 Å². The summed E-state index contributed by atoms with van der Waals surface area (Å²) in [4.78, 5) is 23.1. The maximum absolute atomic E-state index is 14.3. The van der Waals surface area contributed by atoms with Crippen molar-refractivity contribution in [3.05, 3.63) is 52.7 Å². The SMILES string of the molecule is COc1ccc(OC)c2sc(N(CCCN3CCOCC3)C(=O)c3c(-c4ccccc4Cl)noc3C)nc12.Cl. The number of anilines is 1. The van der Waals surface area contributed by atoms with Crippen LogP contribution < -0.4 is 14.4 Å². The van der Waals surface area contributed by atoms with E-state index in [9.17, 15) is 4.79 Å². The van der Waals surface area contributed by atoms with Crippen LogP contribution in [0.4, 0.5) is 5.13 Å². The molecule has 0 atom stereocenters. The molecule has 0 bridgehead atoms. The van der Waals surface area contributed by atoms with Gasteiger partial charge >= 0.3 is 0 Å². The fourth-order valence-electron chi connectivity index (χ4n) is 4.55. The Labute approximate surface area is 242 Å². The first kappa shape index (κ1) is 29.1. The quantitative estimate of drug-likeness (QED) is 0.244. The predicted molar refractivity (Wildman–Crippen MR) is 155 cm³/mol. The Hall–Kier alpha value is -2.89. The van der Waals surface area contributed by atoms with Crippen molar-refractivity contribution in [3.8, 4) is 22.8 Å². The lowest BCUT2D eigenvalue weighted by molar-refractivity contribution is 0.0376. The molecule has 0 N–H and O–H groups in total. The first-order valence-electron chi connectivity index (χ1n) is 12.4. The number of aryl methyl sites for hydroxylation is 1. The van der Waals surface area contributed by atoms with Crippen LogP contribution in [0.3, 0.4) is 0 Å². The number of thiazole rings is 1. The van der Waals surface area contributed by atoms with Crippen molar-refractivity contribution >= 4 is 56.6 Å². The Balaban J connectivity index is 0.00000353. The molecule has 4 aromatic rings. The van der Waals surface area contributed by atoms with Gasteiger partial charge < -0.3 is 18.7 Å². The topological polar surface area (TPSA) is 90.2 Å². The predicted octanol–water partition coefficient (Wildman–Crippen LogP) is 5.72. The van der Waals surface area contributed by atoms with Gasteiger partial charge in [-0.05, 0) is 31.5 Å². The Bertz CT molecular complexity index is 1400. The molecule has 9 nitrogen and oxygen atoms in total. The summed E-state index contributed by atoms with van der Waals surface area (Å²) in [5, 5.41) is 5.24. The number of aromatic nitrogens is 2. The van der Waals surface area contributed by atoms with E-state index in [-0.39, 0.29) is 18.3 Å². The highest BCUT2D eigenvalue weighted by molar-refractivity contribution is 7.22. The molecule has 39 heavy (non-hydrogen) atoms. The smallest absolute Gasteiger partial charge is 0.265 e. The number of benzene rings is 2. The number of fused-ring (bicyclic) bond motifs is 1. The molecule has 2 aromatic carbocycles. The molecule has 1 aliphatic rings. The number of hydrogen-bond acceptors (Lipinski definition) is 9. The summed E-state index contributed by atoms with van der Waals surface area (Å²) in [6.45, 7) is 6.23. The zero-order valence-corrected chi connectivity index (χ0v) is 24.3. The van der Waals surface area contributed by atoms with Gasteiger partial charge in [-0.15, -0.1) is 12.4 Å². The Morgan fingerprint density at radius 3 is 2.56 bits per heavy atom. The number of nitrogens with zero attached hydrogens (tertiary/aromatic N) is 4. The van der Waals surface area contributed by atoms with Gasteiger partial charge in [-0.2, -0.15) is 0 Å². The fraction of sp³-hybridized carbons (Fsp3) is 0.370. The third-order valence-corrected chi connectivity index (χ3v) is 7.96. The fourth-order valence-corrected chi connectivity index (χ4v) is 5.87. The van der Waals surface area contributed by atoms with E-state index in [4.69, 9.17) is 35.3 Å². The lowest BCUT2D eigenvalue weighted by Gasteiger charge is -2.27. The number of halogens is 2. The lowest BCUT2D eigenvalue weighted by atomic mass is 10.0. The molecule has 5 rings (SSSR count). The number of ether oxygens (including phenoxy) is 3. The van der Waals surface area contributed by atoms with Gasteiger partial charge in [-0.1, -0.05) is 46.3 Å². The highest BCUT2D eigenvalue weighted by Crippen LogP contribution is 2.41. The largest absolute Gasteiger partial charge is 0.495 e. The van der Waals surface area contributed by atoms with Crippen LogP contribution in [0.2, 0.25) is 5.02 Å². The van der Waals surface area contributed by atoms with Gasteiger partial charge in [0.05, 0.1) is 32.5 Å². The van der Waals surface area contributed by atoms with Gasteiger partial charge in [-0.3, -0.25) is 14.6 Å². The van der Waals surface area contributed by atoms with Gasteiger partial charge in [0, 0.05) is 31.7 Å². The number of carbonyl (C=O) groups is 1. The van der Waals surface area contributed by atoms with E-state index in [2.05, 4.69) is 10.1 Å². The number of morpholine rings is 1.